The third kappa shape index (κ3) is 21.8. The van der Waals surface area contributed by atoms with Crippen molar-refractivity contribution < 1.29 is 110 Å². The maximum Gasteiger partial charge on any atom is 0.459 e. The van der Waals surface area contributed by atoms with Gasteiger partial charge in [0.1, 0.15) is 121 Å². The number of nitrogens with one attached hydrogen (secondary N) is 4. The Morgan fingerprint density at radius 2 is 0.873 bits per heavy atom. The molecule has 43 heteroatoms. The van der Waals surface area contributed by atoms with Gasteiger partial charge in [0, 0.05) is 18.1 Å². The molecule has 1 aliphatic carbocycles. The Labute approximate surface area is 726 Å². The van der Waals surface area contributed by atoms with Gasteiger partial charge < -0.3 is 90.4 Å². The number of aliphatic hydroxyl groups is 6. The Morgan fingerprint density at radius 3 is 1.28 bits per heavy atom. The van der Waals surface area contributed by atoms with Crippen molar-refractivity contribution in [3.63, 3.8) is 0 Å². The Balaban J connectivity index is 0.000000183. The lowest BCUT2D eigenvalue weighted by molar-refractivity contribution is -0.152. The molecule has 0 amide bonds. The molecule has 1 unspecified atom stereocenters. The van der Waals surface area contributed by atoms with Crippen LogP contribution in [-0.2, 0) is 86.9 Å². The predicted octanol–water partition coefficient (Wildman–Crippen LogP) is 8.08. The van der Waals surface area contributed by atoms with Gasteiger partial charge in [0.05, 0.1) is 72.5 Å². The number of anilines is 4. The Kier molecular flexibility index (Phi) is 32.3. The van der Waals surface area contributed by atoms with Gasteiger partial charge in [-0.25, -0.2) is 37.3 Å². The van der Waals surface area contributed by atoms with E-state index in [1.165, 1.54) is 71.2 Å². The minimum atomic E-state index is -4.31. The Bertz CT molecular complexity index is 5240. The molecule has 0 radical (unpaired) electrons. The largest absolute Gasteiger partial charge is 0.464 e. The van der Waals surface area contributed by atoms with Crippen LogP contribution in [0.4, 0.5) is 22.9 Å². The van der Waals surface area contributed by atoms with Gasteiger partial charge in [0.2, 0.25) is 16.8 Å². The molecule has 3 aliphatic heterocycles. The van der Waals surface area contributed by atoms with Crippen LogP contribution in [-0.4, -0.2) is 195 Å². The molecule has 40 nitrogen and oxygen atoms in total. The molecule has 126 heavy (non-hydrogen) atoms. The quantitative estimate of drug-likeness (QED) is 0.0100. The summed E-state index contributed by atoms with van der Waals surface area (Å²) in [7, 11) is -12.7. The fraction of sp³-hybridized carbons (Fsp3) is 0.470. The van der Waals surface area contributed by atoms with Crippen LogP contribution >= 0.6 is 23.2 Å². The molecule has 18 atom stereocenters. The summed E-state index contributed by atoms with van der Waals surface area (Å²) in [6.45, 7) is 11.2. The number of aromatic nitrogens is 7. The second-order valence-electron chi connectivity index (χ2n) is 30.7. The third-order valence-corrected chi connectivity index (χ3v) is 27.2. The summed E-state index contributed by atoms with van der Waals surface area (Å²) >= 11 is 0. The number of aliphatic hydroxyl groups excluding tert-OH is 6. The molecular formula is C83H106N17O23P3. The van der Waals surface area contributed by atoms with Crippen molar-refractivity contribution >= 4 is 80.5 Å². The van der Waals surface area contributed by atoms with Crippen LogP contribution in [0.5, 0.6) is 11.5 Å². The van der Waals surface area contributed by atoms with E-state index in [0.717, 1.165) is 57.8 Å². The number of carbonyl (C=O) groups excluding carboxylic acids is 3. The molecule has 16 N–H and O–H groups in total. The highest BCUT2D eigenvalue weighted by Crippen LogP contribution is 2.51. The number of nitrogen functional groups attached to an aromatic ring is 3. The molecule has 4 aliphatic rings. The van der Waals surface area contributed by atoms with Crippen LogP contribution in [0.15, 0.2) is 158 Å². The molecular weight excluding hydrogens is 1700 g/mol. The highest BCUT2D eigenvalue weighted by atomic mass is 31.2. The van der Waals surface area contributed by atoms with Gasteiger partial charge in [-0.15, -0.1) is 0 Å². The number of hydrogen-bond donors (Lipinski definition) is 13. The first kappa shape index (κ1) is 96.1. The maximum atomic E-state index is 14.0. The number of para-hydroxylation sites is 3. The van der Waals surface area contributed by atoms with E-state index >= 15 is 0 Å². The van der Waals surface area contributed by atoms with Crippen molar-refractivity contribution in [1.82, 2.24) is 49.1 Å². The van der Waals surface area contributed by atoms with E-state index in [0.29, 0.717) is 33.6 Å². The monoisotopic (exact) mass is 1800 g/mol. The number of nitriles is 3. The lowest BCUT2D eigenvalue weighted by Crippen LogP contribution is -2.41. The van der Waals surface area contributed by atoms with Gasteiger partial charge in [-0.05, 0) is 143 Å². The number of esters is 3. The van der Waals surface area contributed by atoms with E-state index < -0.39 is 151 Å². The second kappa shape index (κ2) is 42.4. The van der Waals surface area contributed by atoms with E-state index in [4.69, 9.17) is 68.2 Å². The summed E-state index contributed by atoms with van der Waals surface area (Å²) in [5, 5.41) is 119. The van der Waals surface area contributed by atoms with Gasteiger partial charge in [0.25, 0.3) is 0 Å². The Morgan fingerprint density at radius 1 is 0.500 bits per heavy atom. The van der Waals surface area contributed by atoms with E-state index in [9.17, 15) is 74.5 Å². The zero-order valence-electron chi connectivity index (χ0n) is 70.2. The van der Waals surface area contributed by atoms with Gasteiger partial charge >= 0.3 is 41.1 Å². The number of hydrogen-bond acceptors (Lipinski definition) is 33. The number of rotatable bonds is 36. The van der Waals surface area contributed by atoms with E-state index in [1.807, 2.05) is 45.9 Å². The molecule has 13 rings (SSSR count). The summed E-state index contributed by atoms with van der Waals surface area (Å²) in [6, 6.07) is 40.0. The number of carbonyl (C=O) groups is 3. The zero-order valence-corrected chi connectivity index (χ0v) is 72.9. The smallest absolute Gasteiger partial charge is 0.459 e. The number of nitrogens with two attached hydrogens (primary N) is 3. The molecule has 0 spiro atoms. The molecule has 9 heterocycles. The van der Waals surface area contributed by atoms with Gasteiger partial charge in [-0.2, -0.15) is 41.3 Å². The maximum absolute atomic E-state index is 14.0. The van der Waals surface area contributed by atoms with Crippen molar-refractivity contribution in [1.29, 1.82) is 15.8 Å². The van der Waals surface area contributed by atoms with Gasteiger partial charge in [-0.1, -0.05) is 114 Å². The Hall–Kier alpha value is -10.6. The van der Waals surface area contributed by atoms with Crippen LogP contribution in [0.2, 0.25) is 0 Å². The second-order valence-corrected chi connectivity index (χ2v) is 35.9. The lowest BCUT2D eigenvalue weighted by atomic mass is 9.92. The molecule has 9 aromatic rings. The lowest BCUT2D eigenvalue weighted by Gasteiger charge is -2.27. The summed E-state index contributed by atoms with van der Waals surface area (Å²) < 4.78 is 108. The summed E-state index contributed by atoms with van der Waals surface area (Å²) in [6.07, 6.45) is -2.15. The van der Waals surface area contributed by atoms with Crippen molar-refractivity contribution in [2.75, 3.05) is 55.3 Å². The normalized spacial score (nSPS) is 25.1. The predicted molar refractivity (Wildman–Crippen MR) is 455 cm³/mol. The molecule has 3 aromatic carbocycles. The fourth-order valence-corrected chi connectivity index (χ4v) is 19.3. The average molecular weight is 1800 g/mol. The molecule has 6 aromatic heterocycles. The SMILES string of the molecule is CCC(CC)COC(=O)[C@H](C)N[P@@](=O)(Nc1ccccc1)OC[C@H]1O[C@@](C#N)(c2ccc3c(N)ncnn23)[C@H](O)[C@@H]1O.CCC(CC)COC(=O)[C@H](C)N[P@@](=O)(OC[C@H]1O[C@@](C#N)(c2ccc3c(N)ccnn23)[C@H](O)[C@@H]1O)Oc1ccccc1.C[C@H](NP(=O)(OC[C@H]1O[C@@](C#N)(c2ccc3c(N)ccnn23)[C@H](O)[C@@H]1O)Oc1ccccc1)C(=O)OC1CCCCC1. The first-order valence-electron chi connectivity index (χ1n) is 41.1. The number of ether oxygens (including phenoxy) is 6. The molecule has 4 fully saturated rings. The van der Waals surface area contributed by atoms with Crippen molar-refractivity contribution in [2.45, 2.75) is 202 Å². The molecule has 3 saturated heterocycles. The standard InChI is InChI=1S/C28H34N5O8P.C28H36N5O8P.C27H36N7O7P/c1-18(27(36)39-19-8-4-2-5-9-19)32-42(37,41-20-10-6-3-7-11-20)38-16-23-25(34)26(35)28(17-29,40-23)24-13-12-22-21(30)14-15-31-33(22)24;1-4-19(5-2)15-38-27(36)18(3)32-42(37,41-20-9-7-6-8-10-20)39-16-23-25(34)26(35)28(17-29,40-23)24-12-11-22-21(30)13-14-31-33(22)24;1-4-18(5-2)13-39-26(37)17(3)32-42(38,33-19-9-7-6-8-10-19)40-14-21-23(35)24(36)27(15-28,41-21)22-12-11-20-25(29)30-16-31-34(20)22/h3,6-7,10-15,18-19,23,25-26,34-35H,2,4-5,8-9,16,30H2,1H3,(H,32,37);6-14,18-19,23,25-26,34-35H,4-5,15-16,30H2,1-3H3,(H,32,37);6-12,16-18,21,23-24,35-36H,4-5,13-14H2,1-3H3,(H2,29,30,31)(H2,32,33,38)/t18-,23+,25+,26+,28-,42?;18-,23+,25+,26+,28-,42+;17-,21+,23+,24+,27-,42-/m000/s1. The molecule has 0 bridgehead atoms. The average Bonchev–Trinajstić information content (AvgIpc) is 1.59. The first-order chi connectivity index (χ1) is 60.3. The van der Waals surface area contributed by atoms with Crippen LogP contribution in [0, 0.1) is 45.8 Å². The first-order valence-corrected chi connectivity index (χ1v) is 45.8. The third-order valence-electron chi connectivity index (χ3n) is 22.1. The molecule has 676 valence electrons. The fourth-order valence-electron chi connectivity index (χ4n) is 14.6. The summed E-state index contributed by atoms with van der Waals surface area (Å²) in [5.74, 6) is -0.933. The van der Waals surface area contributed by atoms with Gasteiger partial charge in [0.15, 0.2) is 5.82 Å². The topological polar surface area (TPSA) is 588 Å². The number of nitrogens with zero attached hydrogens (tertiary/aromatic N) is 10. The van der Waals surface area contributed by atoms with Crippen molar-refractivity contribution in [3.8, 4) is 29.7 Å². The highest BCUT2D eigenvalue weighted by Gasteiger charge is 2.61. The van der Waals surface area contributed by atoms with E-state index in [1.54, 1.807) is 121 Å². The van der Waals surface area contributed by atoms with Crippen LogP contribution in [0.3, 0.4) is 0 Å². The van der Waals surface area contributed by atoms with Gasteiger partial charge in [-0.3, -0.25) is 28.0 Å². The van der Waals surface area contributed by atoms with Crippen molar-refractivity contribution in [3.05, 3.63) is 175 Å². The zero-order chi connectivity index (χ0) is 90.9. The molecule has 1 saturated carbocycles. The van der Waals surface area contributed by atoms with Crippen molar-refractivity contribution in [2.24, 2.45) is 11.8 Å². The van der Waals surface area contributed by atoms with Crippen LogP contribution in [0.1, 0.15) is 123 Å². The van der Waals surface area contributed by atoms with Crippen LogP contribution < -0.4 is 46.6 Å². The minimum absolute atomic E-state index is 0.112. The minimum Gasteiger partial charge on any atom is -0.464 e. The van der Waals surface area contributed by atoms with E-state index in [2.05, 4.69) is 40.6 Å². The summed E-state index contributed by atoms with van der Waals surface area (Å²) in [4.78, 5) is 42.1. The van der Waals surface area contributed by atoms with E-state index in [-0.39, 0.29) is 65.6 Å². The van der Waals surface area contributed by atoms with Crippen LogP contribution in [0.25, 0.3) is 16.6 Å². The number of fused-ring (bicyclic) bond motifs is 3. The number of benzene rings is 3. The summed E-state index contributed by atoms with van der Waals surface area (Å²) in [5.41, 5.74) is 14.7. The highest BCUT2D eigenvalue weighted by molar-refractivity contribution is 7.58.